The van der Waals surface area contributed by atoms with Crippen LogP contribution in [-0.4, -0.2) is 81.3 Å². The summed E-state index contributed by atoms with van der Waals surface area (Å²) in [6.45, 7) is 4.59. The minimum atomic E-state index is -3.93. The first kappa shape index (κ1) is 25.2. The molecular formula is C18H26ClN3O6S. The van der Waals surface area contributed by atoms with Crippen molar-refractivity contribution in [3.05, 3.63) is 24.3 Å². The van der Waals surface area contributed by atoms with E-state index in [2.05, 4.69) is 16.7 Å². The van der Waals surface area contributed by atoms with Crippen molar-refractivity contribution in [3.8, 4) is 17.6 Å². The third-order valence-electron chi connectivity index (χ3n) is 4.16. The van der Waals surface area contributed by atoms with Gasteiger partial charge in [0.2, 0.25) is 10.0 Å². The second kappa shape index (κ2) is 12.6. The molecule has 1 saturated heterocycles. The normalized spacial score (nSPS) is 14.4. The molecule has 0 saturated carbocycles. The fraction of sp³-hybridized carbons (Fsp3) is 0.500. The monoisotopic (exact) mass is 447 g/mol. The zero-order valence-corrected chi connectivity index (χ0v) is 17.8. The minimum absolute atomic E-state index is 0. The van der Waals surface area contributed by atoms with Gasteiger partial charge in [0, 0.05) is 26.2 Å². The number of nitrogens with one attached hydrogen (secondary N) is 1. The molecule has 0 unspecified atom stereocenters. The lowest BCUT2D eigenvalue weighted by Gasteiger charge is -2.29. The number of nitrogens with zero attached hydrogens (tertiary/aromatic N) is 2. The van der Waals surface area contributed by atoms with Gasteiger partial charge in [-0.05, 0) is 31.2 Å². The predicted molar refractivity (Wildman–Crippen MR) is 109 cm³/mol. The smallest absolute Gasteiger partial charge is 0.258 e. The molecule has 29 heavy (non-hydrogen) atoms. The van der Waals surface area contributed by atoms with E-state index in [4.69, 9.17) is 14.7 Å². The van der Waals surface area contributed by atoms with Gasteiger partial charge in [-0.3, -0.25) is 14.9 Å². The predicted octanol–water partition coefficient (Wildman–Crippen LogP) is 0.339. The maximum absolute atomic E-state index is 13.0. The number of hydrogen-bond acceptors (Lipinski definition) is 7. The zero-order valence-electron chi connectivity index (χ0n) is 16.2. The molecule has 0 atom stereocenters. The van der Waals surface area contributed by atoms with E-state index in [-0.39, 0.29) is 30.5 Å². The maximum atomic E-state index is 13.0. The van der Waals surface area contributed by atoms with Crippen LogP contribution in [-0.2, 0) is 19.6 Å². The van der Waals surface area contributed by atoms with E-state index in [0.29, 0.717) is 38.6 Å². The number of carbonyl (C=O) groups excluding carboxylic acids is 1. The quantitative estimate of drug-likeness (QED) is 0.319. The van der Waals surface area contributed by atoms with E-state index in [1.165, 1.54) is 29.7 Å². The Kier molecular flexibility index (Phi) is 11.0. The Morgan fingerprint density at radius 1 is 1.31 bits per heavy atom. The summed E-state index contributed by atoms with van der Waals surface area (Å²) in [7, 11) is -3.93. The Morgan fingerprint density at radius 3 is 2.55 bits per heavy atom. The first-order valence-electron chi connectivity index (χ1n) is 8.83. The van der Waals surface area contributed by atoms with Crippen LogP contribution in [0.1, 0.15) is 6.92 Å². The summed E-state index contributed by atoms with van der Waals surface area (Å²) >= 11 is 0. The molecule has 0 aliphatic carbocycles. The lowest BCUT2D eigenvalue weighted by atomic mass is 10.3. The van der Waals surface area contributed by atoms with Crippen LogP contribution >= 0.6 is 12.4 Å². The highest BCUT2D eigenvalue weighted by Gasteiger charge is 2.27. The Hall–Kier alpha value is -1.87. The number of halogens is 1. The van der Waals surface area contributed by atoms with E-state index in [0.717, 1.165) is 4.31 Å². The fourth-order valence-electron chi connectivity index (χ4n) is 2.61. The van der Waals surface area contributed by atoms with Crippen LogP contribution in [0.5, 0.6) is 5.75 Å². The molecule has 2 rings (SSSR count). The number of sulfonamides is 1. The first-order chi connectivity index (χ1) is 13.5. The zero-order chi connectivity index (χ0) is 20.4. The van der Waals surface area contributed by atoms with Crippen molar-refractivity contribution in [2.75, 3.05) is 52.5 Å². The molecule has 0 bridgehead atoms. The van der Waals surface area contributed by atoms with Crippen LogP contribution in [0, 0.1) is 11.8 Å². The van der Waals surface area contributed by atoms with Crippen molar-refractivity contribution in [2.24, 2.45) is 0 Å². The molecule has 0 radical (unpaired) electrons. The van der Waals surface area contributed by atoms with Gasteiger partial charge in [0.15, 0.2) is 0 Å². The minimum Gasteiger partial charge on any atom is -0.481 e. The van der Waals surface area contributed by atoms with Crippen LogP contribution in [0.2, 0.25) is 0 Å². The molecule has 0 aromatic heterocycles. The van der Waals surface area contributed by atoms with Crippen LogP contribution in [0.15, 0.2) is 29.2 Å². The highest BCUT2D eigenvalue weighted by molar-refractivity contribution is 7.89. The second-order valence-corrected chi connectivity index (χ2v) is 7.95. The number of morpholine rings is 1. The highest BCUT2D eigenvalue weighted by atomic mass is 35.5. The average Bonchev–Trinajstić information content (AvgIpc) is 2.72. The summed E-state index contributed by atoms with van der Waals surface area (Å²) in [5, 5.41) is 8.80. The van der Waals surface area contributed by atoms with Gasteiger partial charge in [-0.1, -0.05) is 5.92 Å². The summed E-state index contributed by atoms with van der Waals surface area (Å²) in [6.07, 6.45) is 0. The molecule has 1 amide bonds. The Bertz CT molecular complexity index is 801. The molecule has 11 heteroatoms. The molecule has 1 aromatic rings. The molecule has 1 aliphatic rings. The largest absolute Gasteiger partial charge is 0.481 e. The number of amides is 1. The van der Waals surface area contributed by atoms with Crippen molar-refractivity contribution in [2.45, 2.75) is 11.8 Å². The van der Waals surface area contributed by atoms with E-state index in [1.54, 1.807) is 6.92 Å². The SMILES string of the molecule is CC#CCOc1ccc(S(=O)(=O)N(CCN2CCOCC2)CC(=O)NO)cc1.Cl. The molecule has 1 fully saturated rings. The van der Waals surface area contributed by atoms with Crippen LogP contribution in [0.3, 0.4) is 0 Å². The number of hydroxylamine groups is 1. The van der Waals surface area contributed by atoms with Crippen molar-refractivity contribution < 1.29 is 27.9 Å². The molecular weight excluding hydrogens is 422 g/mol. The lowest BCUT2D eigenvalue weighted by molar-refractivity contribution is -0.129. The van der Waals surface area contributed by atoms with Gasteiger partial charge in [-0.25, -0.2) is 13.9 Å². The summed E-state index contributed by atoms with van der Waals surface area (Å²) in [4.78, 5) is 13.7. The first-order valence-corrected chi connectivity index (χ1v) is 10.3. The molecule has 1 aromatic carbocycles. The van der Waals surface area contributed by atoms with Gasteiger partial charge < -0.3 is 9.47 Å². The summed E-state index contributed by atoms with van der Waals surface area (Å²) in [5.74, 6) is 5.15. The molecule has 162 valence electrons. The number of ether oxygens (including phenoxy) is 2. The number of hydrogen-bond donors (Lipinski definition) is 2. The van der Waals surface area contributed by atoms with E-state index in [9.17, 15) is 13.2 Å². The Morgan fingerprint density at radius 2 is 1.97 bits per heavy atom. The van der Waals surface area contributed by atoms with Gasteiger partial charge in [-0.2, -0.15) is 4.31 Å². The van der Waals surface area contributed by atoms with E-state index < -0.39 is 22.5 Å². The van der Waals surface area contributed by atoms with Crippen LogP contribution in [0.25, 0.3) is 0 Å². The summed E-state index contributed by atoms with van der Waals surface area (Å²) < 4.78 is 37.7. The summed E-state index contributed by atoms with van der Waals surface area (Å²) in [5.41, 5.74) is 1.48. The highest BCUT2D eigenvalue weighted by Crippen LogP contribution is 2.20. The lowest BCUT2D eigenvalue weighted by Crippen LogP contribution is -2.46. The topological polar surface area (TPSA) is 108 Å². The van der Waals surface area contributed by atoms with Gasteiger partial charge in [0.1, 0.15) is 12.4 Å². The fourth-order valence-corrected chi connectivity index (χ4v) is 3.99. The molecule has 0 spiro atoms. The third-order valence-corrected chi connectivity index (χ3v) is 6.02. The van der Waals surface area contributed by atoms with E-state index in [1.807, 2.05) is 0 Å². The standard InChI is InChI=1S/C18H25N3O6S.ClH/c1-2-3-12-27-16-4-6-17(7-5-16)28(24,25)21(15-18(22)19-23)9-8-20-10-13-26-14-11-20;/h4-7,23H,8-15H2,1H3,(H,19,22);1H. The number of rotatable bonds is 9. The van der Waals surface area contributed by atoms with Gasteiger partial charge in [-0.15, -0.1) is 18.3 Å². The Balaban J connectivity index is 0.00000420. The number of benzene rings is 1. The van der Waals surface area contributed by atoms with Gasteiger partial charge >= 0.3 is 0 Å². The average molecular weight is 448 g/mol. The van der Waals surface area contributed by atoms with Crippen molar-refractivity contribution in [3.63, 3.8) is 0 Å². The maximum Gasteiger partial charge on any atom is 0.258 e. The molecule has 2 N–H and O–H groups in total. The van der Waals surface area contributed by atoms with Crippen molar-refractivity contribution in [1.29, 1.82) is 0 Å². The summed E-state index contributed by atoms with van der Waals surface area (Å²) in [6, 6.07) is 5.91. The molecule has 1 heterocycles. The molecule has 9 nitrogen and oxygen atoms in total. The van der Waals surface area contributed by atoms with Crippen LogP contribution in [0.4, 0.5) is 0 Å². The van der Waals surface area contributed by atoms with Crippen LogP contribution < -0.4 is 10.2 Å². The molecule has 1 aliphatic heterocycles. The Labute approximate surface area is 177 Å². The van der Waals surface area contributed by atoms with Gasteiger partial charge in [0.05, 0.1) is 24.7 Å². The second-order valence-electron chi connectivity index (χ2n) is 6.01. The van der Waals surface area contributed by atoms with E-state index >= 15 is 0 Å². The van der Waals surface area contributed by atoms with Crippen molar-refractivity contribution in [1.82, 2.24) is 14.7 Å². The van der Waals surface area contributed by atoms with Crippen molar-refractivity contribution >= 4 is 28.3 Å². The number of carbonyl (C=O) groups is 1. The van der Waals surface area contributed by atoms with Gasteiger partial charge in [0.25, 0.3) is 5.91 Å². The third kappa shape index (κ3) is 7.81.